The van der Waals surface area contributed by atoms with Gasteiger partial charge in [-0.1, -0.05) is 41.5 Å². The summed E-state index contributed by atoms with van der Waals surface area (Å²) in [5.41, 5.74) is -5.11. The van der Waals surface area contributed by atoms with Crippen LogP contribution in [0.1, 0.15) is 52.7 Å². The number of rotatable bonds is 2. The molecule has 6 nitrogen and oxygen atoms in total. The number of halogens is 6. The molecule has 0 unspecified atom stereocenters. The Balaban J connectivity index is 1.71. The lowest BCUT2D eigenvalue weighted by Crippen LogP contribution is -2.24. The Bertz CT molecular complexity index is 2750. The van der Waals surface area contributed by atoms with Gasteiger partial charge in [-0.05, 0) is 78.5 Å². The molecule has 0 aliphatic heterocycles. The van der Waals surface area contributed by atoms with Crippen LogP contribution in [0.2, 0.25) is 0 Å². The standard InChI is InChI=1S/C40H26F6N2O4/c1-39(2,3)15-7-19-27-20(8-15)30-32(38(52)48(36(30)50)18-13-25(43)34(46)26(44)14-18)22-10-16(40(4,5)6)9-21(28(22)27)31-29(19)35(49)47(37(31)51)17-11-23(41)33(45)24(42)12-17/h7-14H,1-6H3. The Morgan fingerprint density at radius 1 is 0.385 bits per heavy atom. The van der Waals surface area contributed by atoms with Gasteiger partial charge in [0.2, 0.25) is 0 Å². The van der Waals surface area contributed by atoms with Gasteiger partial charge >= 0.3 is 0 Å². The van der Waals surface area contributed by atoms with Crippen LogP contribution in [0.15, 0.2) is 67.7 Å². The Morgan fingerprint density at radius 2 is 0.615 bits per heavy atom. The van der Waals surface area contributed by atoms with Crippen LogP contribution < -0.4 is 22.2 Å². The molecule has 2 aromatic heterocycles. The maximum atomic E-state index is 14.5. The van der Waals surface area contributed by atoms with E-state index in [0.29, 0.717) is 55.3 Å². The van der Waals surface area contributed by atoms with Gasteiger partial charge in [-0.3, -0.25) is 19.2 Å². The summed E-state index contributed by atoms with van der Waals surface area (Å²) in [6, 6.07) is 8.88. The molecule has 8 rings (SSSR count). The fourth-order valence-corrected chi connectivity index (χ4v) is 7.35. The van der Waals surface area contributed by atoms with Gasteiger partial charge in [0, 0.05) is 24.3 Å². The van der Waals surface area contributed by atoms with Crippen LogP contribution in [-0.2, 0) is 10.8 Å². The van der Waals surface area contributed by atoms with E-state index in [1.54, 1.807) is 24.3 Å². The normalized spacial score (nSPS) is 12.9. The van der Waals surface area contributed by atoms with Crippen molar-refractivity contribution in [3.8, 4) is 11.4 Å². The first kappa shape index (κ1) is 33.4. The summed E-state index contributed by atoms with van der Waals surface area (Å²) in [6.45, 7) is 11.1. The zero-order chi connectivity index (χ0) is 37.7. The molecule has 0 fully saturated rings. The van der Waals surface area contributed by atoms with Crippen molar-refractivity contribution in [3.63, 3.8) is 0 Å². The largest absolute Gasteiger partial charge is 0.268 e. The summed E-state index contributed by atoms with van der Waals surface area (Å²) in [7, 11) is 0. The SMILES string of the molecule is CC(C)(C)c1cc2c3c(=O)n(-c4cc(F)c(F)c(F)c4)c(=O)c3c3cc(C(C)(C)C)cc4c5c(=O)n(-c6cc(F)c(F)c(F)c6)c(=O)c5c(c1)c2c34. The van der Waals surface area contributed by atoms with E-state index in [0.717, 1.165) is 0 Å². The second kappa shape index (κ2) is 10.4. The lowest BCUT2D eigenvalue weighted by Gasteiger charge is -2.24. The van der Waals surface area contributed by atoms with Crippen LogP contribution in [0, 0.1) is 34.9 Å². The average Bonchev–Trinajstić information content (AvgIpc) is 3.48. The van der Waals surface area contributed by atoms with Crippen LogP contribution in [0.25, 0.3) is 65.2 Å². The number of benzene rings is 6. The molecule has 0 spiro atoms. The molecular weight excluding hydrogens is 686 g/mol. The highest BCUT2D eigenvalue weighted by Crippen LogP contribution is 2.46. The zero-order valence-electron chi connectivity index (χ0n) is 28.4. The lowest BCUT2D eigenvalue weighted by atomic mass is 9.79. The van der Waals surface area contributed by atoms with Crippen molar-refractivity contribution < 1.29 is 26.3 Å². The van der Waals surface area contributed by atoms with E-state index in [2.05, 4.69) is 0 Å². The van der Waals surface area contributed by atoms with E-state index in [-0.39, 0.29) is 43.1 Å². The molecular formula is C40H26F6N2O4. The van der Waals surface area contributed by atoms with Crippen molar-refractivity contribution >= 4 is 53.9 Å². The van der Waals surface area contributed by atoms with Crippen LogP contribution >= 0.6 is 0 Å². The monoisotopic (exact) mass is 712 g/mol. The molecule has 2 heterocycles. The quantitative estimate of drug-likeness (QED) is 0.103. The number of nitrogens with zero attached hydrogens (tertiary/aromatic N) is 2. The molecule has 0 amide bonds. The molecule has 0 N–H and O–H groups in total. The molecule has 0 saturated heterocycles. The Kier molecular flexibility index (Phi) is 6.67. The van der Waals surface area contributed by atoms with E-state index in [1.165, 1.54) is 0 Å². The second-order valence-electron chi connectivity index (χ2n) is 15.2. The van der Waals surface area contributed by atoms with Crippen LogP contribution in [0.4, 0.5) is 26.3 Å². The van der Waals surface area contributed by atoms with Crippen LogP contribution in [0.5, 0.6) is 0 Å². The van der Waals surface area contributed by atoms with Gasteiger partial charge in [-0.15, -0.1) is 0 Å². The fraction of sp³-hybridized carbons (Fsp3) is 0.200. The number of fused-ring (bicyclic) bond motifs is 6. The molecule has 0 aliphatic rings. The third kappa shape index (κ3) is 4.32. The van der Waals surface area contributed by atoms with Crippen molar-refractivity contribution in [2.24, 2.45) is 0 Å². The molecule has 0 bridgehead atoms. The third-order valence-electron chi connectivity index (χ3n) is 9.96. The van der Waals surface area contributed by atoms with Crippen molar-refractivity contribution in [3.05, 3.63) is 136 Å². The summed E-state index contributed by atoms with van der Waals surface area (Å²) in [6.07, 6.45) is 0. The van der Waals surface area contributed by atoms with Crippen molar-refractivity contribution in [1.29, 1.82) is 0 Å². The Morgan fingerprint density at radius 3 is 0.827 bits per heavy atom. The first-order valence-corrected chi connectivity index (χ1v) is 16.2. The predicted octanol–water partition coefficient (Wildman–Crippen LogP) is 8.22. The number of hydrogen-bond acceptors (Lipinski definition) is 4. The maximum absolute atomic E-state index is 14.5. The minimum absolute atomic E-state index is 0.137. The fourth-order valence-electron chi connectivity index (χ4n) is 7.35. The first-order valence-electron chi connectivity index (χ1n) is 16.2. The minimum Gasteiger partial charge on any atom is -0.268 e. The molecule has 0 aliphatic carbocycles. The van der Waals surface area contributed by atoms with Gasteiger partial charge < -0.3 is 0 Å². The van der Waals surface area contributed by atoms with Gasteiger partial charge in [-0.2, -0.15) is 0 Å². The van der Waals surface area contributed by atoms with Crippen molar-refractivity contribution in [2.45, 2.75) is 52.4 Å². The van der Waals surface area contributed by atoms with Gasteiger partial charge in [0.25, 0.3) is 22.2 Å². The van der Waals surface area contributed by atoms with E-state index in [1.807, 2.05) is 41.5 Å². The van der Waals surface area contributed by atoms with Gasteiger partial charge in [0.1, 0.15) is 0 Å². The van der Waals surface area contributed by atoms with Crippen molar-refractivity contribution in [2.75, 3.05) is 0 Å². The highest BCUT2D eigenvalue weighted by molar-refractivity contribution is 6.40. The summed E-state index contributed by atoms with van der Waals surface area (Å²) in [5, 5.41) is 0.870. The van der Waals surface area contributed by atoms with Gasteiger partial charge in [0.15, 0.2) is 34.9 Å². The highest BCUT2D eigenvalue weighted by atomic mass is 19.2. The minimum atomic E-state index is -1.78. The van der Waals surface area contributed by atoms with Gasteiger partial charge in [-0.25, -0.2) is 35.5 Å². The molecule has 0 atom stereocenters. The molecule has 262 valence electrons. The molecule has 0 saturated carbocycles. The van der Waals surface area contributed by atoms with Gasteiger partial charge in [0.05, 0.1) is 32.9 Å². The third-order valence-corrected chi connectivity index (χ3v) is 9.96. The zero-order valence-corrected chi connectivity index (χ0v) is 28.4. The second-order valence-corrected chi connectivity index (χ2v) is 15.2. The first-order chi connectivity index (χ1) is 24.2. The summed E-state index contributed by atoms with van der Waals surface area (Å²) in [4.78, 5) is 57.7. The maximum Gasteiger partial charge on any atom is 0.266 e. The van der Waals surface area contributed by atoms with Crippen LogP contribution in [-0.4, -0.2) is 9.13 Å². The smallest absolute Gasteiger partial charge is 0.266 e. The Hall–Kier alpha value is -5.78. The van der Waals surface area contributed by atoms with Crippen LogP contribution in [0.3, 0.4) is 0 Å². The molecule has 6 aromatic carbocycles. The Labute approximate surface area is 288 Å². The van der Waals surface area contributed by atoms with Crippen molar-refractivity contribution in [1.82, 2.24) is 9.13 Å². The van der Waals surface area contributed by atoms with E-state index >= 15 is 0 Å². The molecule has 0 radical (unpaired) electrons. The molecule has 8 aromatic rings. The van der Waals surface area contributed by atoms with E-state index in [9.17, 15) is 45.5 Å². The van der Waals surface area contributed by atoms with E-state index < -0.39 is 79.3 Å². The summed E-state index contributed by atoms with van der Waals surface area (Å²) >= 11 is 0. The highest BCUT2D eigenvalue weighted by Gasteiger charge is 2.31. The number of aromatic nitrogens is 2. The average molecular weight is 713 g/mol. The summed E-state index contributed by atoms with van der Waals surface area (Å²) < 4.78 is 87.1. The van der Waals surface area contributed by atoms with E-state index in [4.69, 9.17) is 0 Å². The molecule has 12 heteroatoms. The number of hydrogen-bond donors (Lipinski definition) is 0. The summed E-state index contributed by atoms with van der Waals surface area (Å²) in [5.74, 6) is -10.0. The lowest BCUT2D eigenvalue weighted by molar-refractivity contribution is 0.446. The molecule has 52 heavy (non-hydrogen) atoms. The topological polar surface area (TPSA) is 78.1 Å². The predicted molar refractivity (Wildman–Crippen MR) is 188 cm³/mol.